The second-order valence-electron chi connectivity index (χ2n) is 4.94. The fourth-order valence-electron chi connectivity index (χ4n) is 2.28. The van der Waals surface area contributed by atoms with Crippen LogP contribution in [0.25, 0.3) is 6.08 Å². The van der Waals surface area contributed by atoms with Crippen molar-refractivity contribution in [2.24, 2.45) is 0 Å². The van der Waals surface area contributed by atoms with E-state index >= 15 is 0 Å². The van der Waals surface area contributed by atoms with Crippen molar-refractivity contribution in [1.82, 2.24) is 4.98 Å². The standard InChI is InChI=1S/C17H18NO6P/c1-21-15-9-13(10-16(22-2)17(15)23-3)8-14(24-25(19)20)7-12-5-4-6-18-11-12/h4-6,8-11H,7H2,1-3H3/p+1. The topological polar surface area (TPSA) is 87.1 Å². The summed E-state index contributed by atoms with van der Waals surface area (Å²) in [5, 5.41) is 0. The van der Waals surface area contributed by atoms with E-state index in [1.165, 1.54) is 21.3 Å². The van der Waals surface area contributed by atoms with Gasteiger partial charge < -0.3 is 14.2 Å². The van der Waals surface area contributed by atoms with E-state index in [1.54, 1.807) is 36.7 Å². The van der Waals surface area contributed by atoms with E-state index in [4.69, 9.17) is 23.6 Å². The van der Waals surface area contributed by atoms with Crippen molar-refractivity contribution in [2.75, 3.05) is 21.3 Å². The number of pyridine rings is 1. The highest BCUT2D eigenvalue weighted by Crippen LogP contribution is 2.39. The van der Waals surface area contributed by atoms with Crippen LogP contribution in [0.2, 0.25) is 0 Å². The number of benzene rings is 1. The maximum atomic E-state index is 11.1. The van der Waals surface area contributed by atoms with Gasteiger partial charge in [0.05, 0.1) is 21.3 Å². The molecule has 0 aliphatic rings. The van der Waals surface area contributed by atoms with E-state index in [0.717, 1.165) is 5.56 Å². The van der Waals surface area contributed by atoms with Crippen LogP contribution in [0.1, 0.15) is 11.1 Å². The third kappa shape index (κ3) is 5.17. The van der Waals surface area contributed by atoms with Crippen molar-refractivity contribution in [3.05, 3.63) is 53.5 Å². The Bertz CT molecular complexity index is 738. The first-order valence-electron chi connectivity index (χ1n) is 7.31. The predicted octanol–water partition coefficient (Wildman–Crippen LogP) is 3.36. The molecule has 0 amide bonds. The number of hydrogen-bond donors (Lipinski definition) is 1. The number of rotatable bonds is 8. The summed E-state index contributed by atoms with van der Waals surface area (Å²) in [4.78, 5) is 13.2. The molecule has 0 saturated carbocycles. The largest absolute Gasteiger partial charge is 0.747 e. The summed E-state index contributed by atoms with van der Waals surface area (Å²) < 4.78 is 32.1. The summed E-state index contributed by atoms with van der Waals surface area (Å²) >= 11 is 0. The summed E-state index contributed by atoms with van der Waals surface area (Å²) in [5.41, 5.74) is 1.52. The molecule has 1 atom stereocenters. The number of hydrogen-bond acceptors (Lipinski definition) is 6. The molecular weight excluding hydrogens is 345 g/mol. The molecule has 25 heavy (non-hydrogen) atoms. The van der Waals surface area contributed by atoms with Crippen LogP contribution in [0.3, 0.4) is 0 Å². The van der Waals surface area contributed by atoms with Crippen LogP contribution in [0.5, 0.6) is 17.2 Å². The van der Waals surface area contributed by atoms with Crippen molar-refractivity contribution in [2.45, 2.75) is 6.42 Å². The Hall–Kier alpha value is -2.63. The van der Waals surface area contributed by atoms with Crippen molar-refractivity contribution in [1.29, 1.82) is 0 Å². The second-order valence-corrected chi connectivity index (χ2v) is 5.59. The average Bonchev–Trinajstić information content (AvgIpc) is 2.61. The Morgan fingerprint density at radius 1 is 1.20 bits per heavy atom. The maximum Gasteiger partial charge on any atom is 0.747 e. The van der Waals surface area contributed by atoms with E-state index < -0.39 is 8.25 Å². The SMILES string of the molecule is COc1cc(C=C(Cc2cccnc2)O[P+](=O)O)cc(OC)c1OC. The third-order valence-electron chi connectivity index (χ3n) is 3.31. The molecule has 2 rings (SSSR count). The molecule has 1 unspecified atom stereocenters. The third-order valence-corrected chi connectivity index (χ3v) is 3.70. The zero-order chi connectivity index (χ0) is 18.2. The van der Waals surface area contributed by atoms with Crippen LogP contribution in [-0.2, 0) is 15.5 Å². The highest BCUT2D eigenvalue weighted by atomic mass is 31.1. The Labute approximate surface area is 146 Å². The molecule has 1 aromatic heterocycles. The molecule has 1 heterocycles. The molecule has 132 valence electrons. The first-order chi connectivity index (χ1) is 12.1. The van der Waals surface area contributed by atoms with Crippen LogP contribution < -0.4 is 14.2 Å². The van der Waals surface area contributed by atoms with Gasteiger partial charge in [-0.2, -0.15) is 0 Å². The van der Waals surface area contributed by atoms with Crippen molar-refractivity contribution in [3.63, 3.8) is 0 Å². The predicted molar refractivity (Wildman–Crippen MR) is 92.9 cm³/mol. The summed E-state index contributed by atoms with van der Waals surface area (Å²) in [6.07, 6.45) is 5.27. The molecule has 0 aliphatic heterocycles. The average molecular weight is 364 g/mol. The smallest absolute Gasteiger partial charge is 0.493 e. The van der Waals surface area contributed by atoms with Gasteiger partial charge in [-0.15, -0.1) is 4.89 Å². The quantitative estimate of drug-likeness (QED) is 0.568. The molecule has 7 nitrogen and oxygen atoms in total. The second kappa shape index (κ2) is 9.01. The molecule has 0 bridgehead atoms. The van der Waals surface area contributed by atoms with E-state index in [-0.39, 0.29) is 0 Å². The molecule has 0 fully saturated rings. The van der Waals surface area contributed by atoms with Crippen LogP contribution in [0.4, 0.5) is 0 Å². The monoisotopic (exact) mass is 364 g/mol. The fraction of sp³-hybridized carbons (Fsp3) is 0.235. The Balaban J connectivity index is 2.42. The minimum absolute atomic E-state index is 0.311. The highest BCUT2D eigenvalue weighted by Gasteiger charge is 2.19. The van der Waals surface area contributed by atoms with Crippen LogP contribution in [0, 0.1) is 0 Å². The Morgan fingerprint density at radius 3 is 2.36 bits per heavy atom. The Kier molecular flexibility index (Phi) is 6.74. The minimum Gasteiger partial charge on any atom is -0.493 e. The number of allylic oxidation sites excluding steroid dienone is 1. The first-order valence-corrected chi connectivity index (χ1v) is 8.44. The van der Waals surface area contributed by atoms with Gasteiger partial charge in [-0.3, -0.25) is 4.98 Å². The van der Waals surface area contributed by atoms with E-state index in [0.29, 0.717) is 35.0 Å². The molecule has 0 aliphatic carbocycles. The van der Waals surface area contributed by atoms with Crippen molar-refractivity contribution < 1.29 is 28.2 Å². The summed E-state index contributed by atoms with van der Waals surface area (Å²) in [6.45, 7) is 0. The lowest BCUT2D eigenvalue weighted by atomic mass is 10.1. The van der Waals surface area contributed by atoms with Gasteiger partial charge in [0, 0.05) is 23.4 Å². The lowest BCUT2D eigenvalue weighted by Crippen LogP contribution is -1.97. The van der Waals surface area contributed by atoms with Gasteiger partial charge in [-0.05, 0) is 35.4 Å². The van der Waals surface area contributed by atoms with Crippen LogP contribution in [-0.4, -0.2) is 31.2 Å². The van der Waals surface area contributed by atoms with Gasteiger partial charge >= 0.3 is 8.25 Å². The summed E-state index contributed by atoms with van der Waals surface area (Å²) in [6, 6.07) is 7.08. The number of aromatic nitrogens is 1. The van der Waals surface area contributed by atoms with E-state index in [2.05, 4.69) is 4.98 Å². The highest BCUT2D eigenvalue weighted by molar-refractivity contribution is 7.32. The van der Waals surface area contributed by atoms with Gasteiger partial charge in [0.1, 0.15) is 0 Å². The lowest BCUT2D eigenvalue weighted by Gasteiger charge is -2.13. The molecule has 8 heteroatoms. The normalized spacial score (nSPS) is 11.7. The summed E-state index contributed by atoms with van der Waals surface area (Å²) in [7, 11) is 1.76. The zero-order valence-corrected chi connectivity index (χ0v) is 15.0. The molecule has 0 radical (unpaired) electrons. The van der Waals surface area contributed by atoms with Gasteiger partial charge in [0.25, 0.3) is 0 Å². The van der Waals surface area contributed by atoms with E-state index in [1.807, 2.05) is 6.07 Å². The van der Waals surface area contributed by atoms with Crippen molar-refractivity contribution in [3.8, 4) is 17.2 Å². The lowest BCUT2D eigenvalue weighted by molar-refractivity contribution is 0.324. The van der Waals surface area contributed by atoms with Crippen LogP contribution >= 0.6 is 8.25 Å². The zero-order valence-electron chi connectivity index (χ0n) is 14.1. The number of ether oxygens (including phenoxy) is 3. The molecule has 0 spiro atoms. The molecule has 2 aromatic rings. The van der Waals surface area contributed by atoms with E-state index in [9.17, 15) is 4.57 Å². The van der Waals surface area contributed by atoms with Gasteiger partial charge in [-0.25, -0.2) is 4.52 Å². The minimum atomic E-state index is -2.79. The van der Waals surface area contributed by atoms with Gasteiger partial charge in [-0.1, -0.05) is 6.07 Å². The molecule has 1 aromatic carbocycles. The first kappa shape index (κ1) is 18.7. The molecule has 0 saturated heterocycles. The van der Waals surface area contributed by atoms with Gasteiger partial charge in [0.15, 0.2) is 17.3 Å². The fourth-order valence-corrected chi connectivity index (χ4v) is 2.60. The Morgan fingerprint density at radius 2 is 1.88 bits per heavy atom. The van der Waals surface area contributed by atoms with Crippen LogP contribution in [0.15, 0.2) is 42.4 Å². The number of nitrogens with zero attached hydrogens (tertiary/aromatic N) is 1. The van der Waals surface area contributed by atoms with Gasteiger partial charge in [0.2, 0.25) is 5.75 Å². The summed E-state index contributed by atoms with van der Waals surface area (Å²) in [5.74, 6) is 1.72. The molecular formula is C17H19NO6P+. The maximum absolute atomic E-state index is 11.1. The number of methoxy groups -OCH3 is 3. The van der Waals surface area contributed by atoms with Crippen molar-refractivity contribution >= 4 is 14.3 Å². The molecule has 1 N–H and O–H groups in total.